The van der Waals surface area contributed by atoms with E-state index in [9.17, 15) is 18.0 Å². The monoisotopic (exact) mass is 374 g/mol. The molecule has 4 rings (SSSR count). The number of halogens is 3. The highest BCUT2D eigenvalue weighted by Gasteiger charge is 2.37. The van der Waals surface area contributed by atoms with E-state index in [1.165, 1.54) is 18.3 Å². The third-order valence-corrected chi connectivity index (χ3v) is 4.02. The van der Waals surface area contributed by atoms with Crippen LogP contribution in [0.1, 0.15) is 22.0 Å². The van der Waals surface area contributed by atoms with Gasteiger partial charge in [0.05, 0.1) is 16.6 Å². The van der Waals surface area contributed by atoms with Crippen molar-refractivity contribution in [3.8, 4) is 0 Å². The van der Waals surface area contributed by atoms with Crippen molar-refractivity contribution in [2.75, 3.05) is 6.54 Å². The van der Waals surface area contributed by atoms with Crippen LogP contribution in [0.5, 0.6) is 0 Å². The molecule has 0 unspecified atom stereocenters. The van der Waals surface area contributed by atoms with Crippen LogP contribution in [0.25, 0.3) is 16.7 Å². The van der Waals surface area contributed by atoms with Crippen molar-refractivity contribution in [1.82, 2.24) is 29.9 Å². The number of aromatic amines is 1. The SMILES string of the molecule is O=C(NCCc1nc2ccccc2[nH]1)c1cccn2c(C(F)(F)F)nnc12. The number of alkyl halides is 3. The first-order valence-electron chi connectivity index (χ1n) is 8.06. The summed E-state index contributed by atoms with van der Waals surface area (Å²) in [7, 11) is 0. The Labute approximate surface area is 150 Å². The first-order chi connectivity index (χ1) is 12.9. The number of H-pyrrole nitrogens is 1. The van der Waals surface area contributed by atoms with Gasteiger partial charge in [0.15, 0.2) is 5.65 Å². The minimum Gasteiger partial charge on any atom is -0.351 e. The van der Waals surface area contributed by atoms with Crippen LogP contribution in [0.3, 0.4) is 0 Å². The minimum atomic E-state index is -4.66. The first kappa shape index (κ1) is 17.0. The molecule has 1 amide bonds. The zero-order valence-corrected chi connectivity index (χ0v) is 13.8. The molecule has 0 aliphatic heterocycles. The van der Waals surface area contributed by atoms with Crippen molar-refractivity contribution in [1.29, 1.82) is 0 Å². The van der Waals surface area contributed by atoms with Gasteiger partial charge in [0.25, 0.3) is 5.91 Å². The zero-order chi connectivity index (χ0) is 19.0. The molecule has 4 aromatic rings. The summed E-state index contributed by atoms with van der Waals surface area (Å²) in [4.78, 5) is 19.9. The molecule has 0 aliphatic carbocycles. The molecule has 1 aromatic carbocycles. The average molecular weight is 374 g/mol. The highest BCUT2D eigenvalue weighted by atomic mass is 19.4. The Balaban J connectivity index is 1.49. The van der Waals surface area contributed by atoms with Gasteiger partial charge in [-0.25, -0.2) is 4.98 Å². The van der Waals surface area contributed by atoms with Crippen molar-refractivity contribution in [3.05, 3.63) is 59.8 Å². The maximum Gasteiger partial charge on any atom is 0.452 e. The lowest BCUT2D eigenvalue weighted by atomic mass is 10.2. The number of amides is 1. The topological polar surface area (TPSA) is 88.0 Å². The van der Waals surface area contributed by atoms with E-state index in [2.05, 4.69) is 25.5 Å². The zero-order valence-electron chi connectivity index (χ0n) is 13.8. The van der Waals surface area contributed by atoms with Crippen molar-refractivity contribution >= 4 is 22.6 Å². The lowest BCUT2D eigenvalue weighted by Gasteiger charge is -2.07. The molecule has 27 heavy (non-hydrogen) atoms. The first-order valence-corrected chi connectivity index (χ1v) is 8.06. The van der Waals surface area contributed by atoms with Crippen LogP contribution in [0.2, 0.25) is 0 Å². The summed E-state index contributed by atoms with van der Waals surface area (Å²) in [5, 5.41) is 9.34. The number of fused-ring (bicyclic) bond motifs is 2. The maximum atomic E-state index is 12.9. The van der Waals surface area contributed by atoms with E-state index in [0.29, 0.717) is 12.2 Å². The van der Waals surface area contributed by atoms with E-state index < -0.39 is 17.9 Å². The predicted molar refractivity (Wildman–Crippen MR) is 90.1 cm³/mol. The number of rotatable bonds is 4. The highest BCUT2D eigenvalue weighted by Crippen LogP contribution is 2.28. The third kappa shape index (κ3) is 3.21. The minimum absolute atomic E-state index is 0.0186. The van der Waals surface area contributed by atoms with Crippen molar-refractivity contribution in [3.63, 3.8) is 0 Å². The number of aromatic nitrogens is 5. The molecule has 0 aliphatic rings. The number of benzene rings is 1. The van der Waals surface area contributed by atoms with Crippen LogP contribution in [0.15, 0.2) is 42.6 Å². The number of pyridine rings is 1. The largest absolute Gasteiger partial charge is 0.452 e. The Kier molecular flexibility index (Phi) is 4.02. The van der Waals surface area contributed by atoms with Gasteiger partial charge in [-0.1, -0.05) is 12.1 Å². The molecule has 3 heterocycles. The molecule has 138 valence electrons. The Morgan fingerprint density at radius 1 is 1.15 bits per heavy atom. The van der Waals surface area contributed by atoms with Crippen LogP contribution in [0, 0.1) is 0 Å². The van der Waals surface area contributed by atoms with Crippen LogP contribution in [-0.4, -0.2) is 37.0 Å². The third-order valence-electron chi connectivity index (χ3n) is 4.02. The predicted octanol–water partition coefficient (Wildman–Crippen LogP) is 2.60. The van der Waals surface area contributed by atoms with Crippen LogP contribution < -0.4 is 5.32 Å². The quantitative estimate of drug-likeness (QED) is 0.575. The normalized spacial score (nSPS) is 12.0. The van der Waals surface area contributed by atoms with Gasteiger partial charge in [0.1, 0.15) is 5.82 Å². The Bertz CT molecular complexity index is 1100. The molecular weight excluding hydrogens is 361 g/mol. The van der Waals surface area contributed by atoms with Gasteiger partial charge < -0.3 is 10.3 Å². The smallest absolute Gasteiger partial charge is 0.351 e. The van der Waals surface area contributed by atoms with Gasteiger partial charge in [-0.2, -0.15) is 13.2 Å². The molecule has 0 bridgehead atoms. The summed E-state index contributed by atoms with van der Waals surface area (Å²) in [6.07, 6.45) is -3.04. The van der Waals surface area contributed by atoms with E-state index in [-0.39, 0.29) is 17.8 Å². The Hall–Kier alpha value is -3.43. The van der Waals surface area contributed by atoms with Gasteiger partial charge in [0.2, 0.25) is 5.82 Å². The van der Waals surface area contributed by atoms with Crippen molar-refractivity contribution < 1.29 is 18.0 Å². The van der Waals surface area contributed by atoms with Crippen LogP contribution in [-0.2, 0) is 12.6 Å². The molecule has 0 radical (unpaired) electrons. The highest BCUT2D eigenvalue weighted by molar-refractivity contribution is 5.99. The molecule has 0 spiro atoms. The molecule has 0 atom stereocenters. The van der Waals surface area contributed by atoms with Gasteiger partial charge in [-0.15, -0.1) is 10.2 Å². The molecule has 0 saturated carbocycles. The lowest BCUT2D eigenvalue weighted by Crippen LogP contribution is -2.26. The summed E-state index contributed by atoms with van der Waals surface area (Å²) in [5.41, 5.74) is 1.59. The maximum absolute atomic E-state index is 12.9. The standard InChI is InChI=1S/C17H13F3N6O/c18-17(19,20)16-25-24-14-10(4-3-9-26(14)16)15(27)21-8-7-13-22-11-5-1-2-6-12(11)23-13/h1-6,9H,7-8H2,(H,21,27)(H,22,23). The molecule has 7 nitrogen and oxygen atoms in total. The van der Waals surface area contributed by atoms with Crippen LogP contribution in [0.4, 0.5) is 13.2 Å². The second kappa shape index (κ2) is 6.38. The molecule has 3 aromatic heterocycles. The fourth-order valence-electron chi connectivity index (χ4n) is 2.80. The van der Waals surface area contributed by atoms with Gasteiger partial charge in [-0.3, -0.25) is 9.20 Å². The second-order valence-corrected chi connectivity index (χ2v) is 5.84. The van der Waals surface area contributed by atoms with E-state index in [4.69, 9.17) is 0 Å². The summed E-state index contributed by atoms with van der Waals surface area (Å²) in [6, 6.07) is 10.3. The second-order valence-electron chi connectivity index (χ2n) is 5.84. The number of carbonyl (C=O) groups excluding carboxylic acids is 1. The van der Waals surface area contributed by atoms with Gasteiger partial charge in [-0.05, 0) is 24.3 Å². The molecule has 10 heteroatoms. The number of carbonyl (C=O) groups is 1. The van der Waals surface area contributed by atoms with Crippen molar-refractivity contribution in [2.45, 2.75) is 12.6 Å². The van der Waals surface area contributed by atoms with E-state index >= 15 is 0 Å². The molecule has 0 saturated heterocycles. The Morgan fingerprint density at radius 2 is 1.96 bits per heavy atom. The molecule has 2 N–H and O–H groups in total. The van der Waals surface area contributed by atoms with Crippen molar-refractivity contribution in [2.24, 2.45) is 0 Å². The number of nitrogens with zero attached hydrogens (tertiary/aromatic N) is 4. The van der Waals surface area contributed by atoms with E-state index in [1.54, 1.807) is 0 Å². The number of para-hydroxylation sites is 2. The molecular formula is C17H13F3N6O. The number of nitrogens with one attached hydrogen (secondary N) is 2. The van der Waals surface area contributed by atoms with Gasteiger partial charge in [0, 0.05) is 19.2 Å². The van der Waals surface area contributed by atoms with Crippen LogP contribution >= 0.6 is 0 Å². The summed E-state index contributed by atoms with van der Waals surface area (Å²) >= 11 is 0. The Morgan fingerprint density at radius 3 is 2.74 bits per heavy atom. The fourth-order valence-corrected chi connectivity index (χ4v) is 2.80. The average Bonchev–Trinajstić information content (AvgIpc) is 3.24. The summed E-state index contributed by atoms with van der Waals surface area (Å²) in [6.45, 7) is 0.264. The van der Waals surface area contributed by atoms with E-state index in [1.807, 2.05) is 24.3 Å². The summed E-state index contributed by atoms with van der Waals surface area (Å²) in [5.74, 6) is -0.996. The lowest BCUT2D eigenvalue weighted by molar-refractivity contribution is -0.145. The number of hydrogen-bond acceptors (Lipinski definition) is 4. The molecule has 0 fully saturated rings. The fraction of sp³-hybridized carbons (Fsp3) is 0.176. The summed E-state index contributed by atoms with van der Waals surface area (Å²) < 4.78 is 39.5. The van der Waals surface area contributed by atoms with E-state index in [0.717, 1.165) is 15.4 Å². The number of hydrogen-bond donors (Lipinski definition) is 2. The van der Waals surface area contributed by atoms with Gasteiger partial charge >= 0.3 is 6.18 Å². The number of imidazole rings is 1.